The molecule has 86 valence electrons. The highest BCUT2D eigenvalue weighted by atomic mass is 16.5. The number of aryl methyl sites for hydroxylation is 1. The van der Waals surface area contributed by atoms with Gasteiger partial charge in [0.15, 0.2) is 0 Å². The number of methoxy groups -OCH3 is 1. The van der Waals surface area contributed by atoms with E-state index in [2.05, 4.69) is 28.1 Å². The van der Waals surface area contributed by atoms with E-state index in [4.69, 9.17) is 10.00 Å². The fraction of sp³-hybridized carbons (Fsp3) is 0.167. The number of hydrogen-bond acceptors (Lipinski definition) is 5. The van der Waals surface area contributed by atoms with Gasteiger partial charge in [-0.3, -0.25) is 0 Å². The maximum absolute atomic E-state index is 8.51. The lowest BCUT2D eigenvalue weighted by Crippen LogP contribution is -1.98. The molecule has 1 rings (SSSR count). The van der Waals surface area contributed by atoms with Gasteiger partial charge < -0.3 is 4.74 Å². The second-order valence-corrected chi connectivity index (χ2v) is 3.20. The van der Waals surface area contributed by atoms with Crippen molar-refractivity contribution in [2.45, 2.75) is 6.92 Å². The molecular weight excluding hydrogens is 216 g/mol. The van der Waals surface area contributed by atoms with Crippen LogP contribution in [0.5, 0.6) is 6.01 Å². The number of allylic oxidation sites excluding steroid dienone is 2. The Morgan fingerprint density at radius 1 is 1.59 bits per heavy atom. The maximum Gasteiger partial charge on any atom is 0.316 e. The van der Waals surface area contributed by atoms with Gasteiger partial charge in [-0.25, -0.2) is 9.98 Å². The van der Waals surface area contributed by atoms with Crippen LogP contribution < -0.4 is 4.74 Å². The van der Waals surface area contributed by atoms with Crippen LogP contribution in [0.4, 0.5) is 0 Å². The highest BCUT2D eigenvalue weighted by molar-refractivity contribution is 6.09. The number of aromatic nitrogens is 2. The number of nitrogens with zero attached hydrogens (tertiary/aromatic N) is 4. The molecule has 0 amide bonds. The molecule has 1 heterocycles. The summed E-state index contributed by atoms with van der Waals surface area (Å²) in [6.45, 7) is 9.08. The predicted molar refractivity (Wildman–Crippen MR) is 65.6 cm³/mol. The van der Waals surface area contributed by atoms with Crippen LogP contribution in [0.2, 0.25) is 0 Å². The van der Waals surface area contributed by atoms with Gasteiger partial charge in [-0.05, 0) is 12.5 Å². The minimum atomic E-state index is 0.123. The Labute approximate surface area is 99.8 Å². The molecule has 17 heavy (non-hydrogen) atoms. The Bertz CT molecular complexity index is 526. The second-order valence-electron chi connectivity index (χ2n) is 3.20. The summed E-state index contributed by atoms with van der Waals surface area (Å²) in [6.07, 6.45) is 3.06. The zero-order valence-electron chi connectivity index (χ0n) is 9.77. The van der Waals surface area contributed by atoms with Crippen molar-refractivity contribution < 1.29 is 4.74 Å². The van der Waals surface area contributed by atoms with E-state index in [-0.39, 0.29) is 5.70 Å². The van der Waals surface area contributed by atoms with E-state index in [9.17, 15) is 0 Å². The first kappa shape index (κ1) is 12.6. The van der Waals surface area contributed by atoms with E-state index in [1.165, 1.54) is 13.3 Å². The molecule has 0 saturated heterocycles. The first-order valence-electron chi connectivity index (χ1n) is 4.78. The average molecular weight is 228 g/mol. The average Bonchev–Trinajstić information content (AvgIpc) is 2.35. The molecule has 0 radical (unpaired) electrons. The van der Waals surface area contributed by atoms with Crippen molar-refractivity contribution in [2.24, 2.45) is 4.99 Å². The lowest BCUT2D eigenvalue weighted by atomic mass is 10.1. The zero-order chi connectivity index (χ0) is 12.8. The summed E-state index contributed by atoms with van der Waals surface area (Å²) < 4.78 is 4.90. The zero-order valence-corrected chi connectivity index (χ0v) is 9.77. The molecule has 0 saturated carbocycles. The number of rotatable bonds is 4. The predicted octanol–water partition coefficient (Wildman–Crippen LogP) is 1.91. The lowest BCUT2D eigenvalue weighted by Gasteiger charge is -2.05. The van der Waals surface area contributed by atoms with E-state index >= 15 is 0 Å². The van der Waals surface area contributed by atoms with Crippen LogP contribution in [0.25, 0.3) is 5.57 Å². The fourth-order valence-corrected chi connectivity index (χ4v) is 1.11. The molecule has 5 nitrogen and oxygen atoms in total. The van der Waals surface area contributed by atoms with Crippen LogP contribution in [-0.2, 0) is 0 Å². The lowest BCUT2D eigenvalue weighted by molar-refractivity contribution is 0.378. The van der Waals surface area contributed by atoms with E-state index in [1.54, 1.807) is 6.20 Å². The molecule has 0 aromatic carbocycles. The quantitative estimate of drug-likeness (QED) is 0.583. The Hall–Kier alpha value is -2.48. The Morgan fingerprint density at radius 2 is 2.29 bits per heavy atom. The third kappa shape index (κ3) is 3.24. The minimum Gasteiger partial charge on any atom is -0.467 e. The van der Waals surface area contributed by atoms with Gasteiger partial charge in [-0.15, -0.1) is 0 Å². The van der Waals surface area contributed by atoms with Gasteiger partial charge in [-0.1, -0.05) is 13.2 Å². The fourth-order valence-electron chi connectivity index (χ4n) is 1.11. The molecule has 5 heteroatoms. The number of nitriles is 1. The van der Waals surface area contributed by atoms with Crippen LogP contribution in [0.1, 0.15) is 11.3 Å². The van der Waals surface area contributed by atoms with Crippen LogP contribution >= 0.6 is 0 Å². The molecule has 0 aliphatic rings. The summed E-state index contributed by atoms with van der Waals surface area (Å²) in [7, 11) is 1.50. The van der Waals surface area contributed by atoms with Crippen LogP contribution in [-0.4, -0.2) is 23.3 Å². The number of aliphatic imine (C=N–C) groups is 1. The summed E-state index contributed by atoms with van der Waals surface area (Å²) in [5.41, 5.74) is 2.22. The maximum atomic E-state index is 8.51. The summed E-state index contributed by atoms with van der Waals surface area (Å²) >= 11 is 0. The smallest absolute Gasteiger partial charge is 0.316 e. The van der Waals surface area contributed by atoms with Gasteiger partial charge in [0.05, 0.1) is 12.8 Å². The molecule has 0 N–H and O–H groups in total. The molecule has 0 aliphatic heterocycles. The van der Waals surface area contributed by atoms with Crippen molar-refractivity contribution in [1.29, 1.82) is 5.26 Å². The third-order valence-electron chi connectivity index (χ3n) is 1.99. The summed E-state index contributed by atoms with van der Waals surface area (Å²) in [6, 6.07) is 2.12. The first-order valence-corrected chi connectivity index (χ1v) is 4.78. The van der Waals surface area contributed by atoms with E-state index in [1.807, 2.05) is 13.0 Å². The molecule has 0 bridgehead atoms. The molecule has 0 unspecified atom stereocenters. The van der Waals surface area contributed by atoms with Gasteiger partial charge >= 0.3 is 6.01 Å². The Balaban J connectivity index is 2.94. The summed E-state index contributed by atoms with van der Waals surface area (Å²) in [4.78, 5) is 11.9. The third-order valence-corrected chi connectivity index (χ3v) is 1.99. The van der Waals surface area contributed by atoms with Gasteiger partial charge in [0.1, 0.15) is 11.8 Å². The topological polar surface area (TPSA) is 71.2 Å². The van der Waals surface area contributed by atoms with E-state index < -0.39 is 0 Å². The van der Waals surface area contributed by atoms with Crippen LogP contribution in [0.15, 0.2) is 30.0 Å². The molecule has 0 atom stereocenters. The van der Waals surface area contributed by atoms with Gasteiger partial charge in [0, 0.05) is 18.0 Å². The van der Waals surface area contributed by atoms with E-state index in [0.717, 1.165) is 11.3 Å². The van der Waals surface area contributed by atoms with Gasteiger partial charge in [0.2, 0.25) is 0 Å². The Kier molecular flexibility index (Phi) is 4.12. The second kappa shape index (κ2) is 5.56. The van der Waals surface area contributed by atoms with Crippen molar-refractivity contribution >= 4 is 11.8 Å². The van der Waals surface area contributed by atoms with Crippen molar-refractivity contribution in [3.05, 3.63) is 36.3 Å². The van der Waals surface area contributed by atoms with Gasteiger partial charge in [0.25, 0.3) is 0 Å². The molecule has 0 aliphatic carbocycles. The largest absolute Gasteiger partial charge is 0.467 e. The summed E-state index contributed by atoms with van der Waals surface area (Å²) in [5.74, 6) is 0. The van der Waals surface area contributed by atoms with Crippen molar-refractivity contribution in [3.63, 3.8) is 0 Å². The highest BCUT2D eigenvalue weighted by Gasteiger charge is 2.05. The van der Waals surface area contributed by atoms with Gasteiger partial charge in [-0.2, -0.15) is 10.2 Å². The van der Waals surface area contributed by atoms with Crippen LogP contribution in [0, 0.1) is 18.3 Å². The number of hydrogen-bond donors (Lipinski definition) is 0. The monoisotopic (exact) mass is 228 g/mol. The van der Waals surface area contributed by atoms with Crippen molar-refractivity contribution in [1.82, 2.24) is 9.97 Å². The molecule has 0 fully saturated rings. The highest BCUT2D eigenvalue weighted by Crippen LogP contribution is 2.15. The molecule has 1 aromatic heterocycles. The Morgan fingerprint density at radius 3 is 2.82 bits per heavy atom. The standard InChI is InChI=1S/C12H12N4O/c1-8(6-14-9(2)5-13)11-7-15-12(17-4)16-10(11)3/h6-7H,1-2H2,3-4H3/b14-6+. The summed E-state index contributed by atoms with van der Waals surface area (Å²) in [5, 5.41) is 8.51. The van der Waals surface area contributed by atoms with Crippen molar-refractivity contribution in [2.75, 3.05) is 7.11 Å². The first-order chi connectivity index (χ1) is 8.08. The molecule has 0 spiro atoms. The molecule has 1 aromatic rings. The SMILES string of the molecule is C=C(C#N)/N=C/C(=C)c1cnc(OC)nc1C. The normalized spacial score (nSPS) is 9.94. The molecular formula is C12H12N4O. The minimum absolute atomic E-state index is 0.123. The van der Waals surface area contributed by atoms with E-state index in [0.29, 0.717) is 11.6 Å². The number of ether oxygens (including phenoxy) is 1. The van der Waals surface area contributed by atoms with Crippen molar-refractivity contribution in [3.8, 4) is 12.1 Å². The van der Waals surface area contributed by atoms with Crippen LogP contribution in [0.3, 0.4) is 0 Å².